The van der Waals surface area contributed by atoms with Crippen molar-refractivity contribution in [1.29, 1.82) is 0 Å². The zero-order valence-electron chi connectivity index (χ0n) is 21.6. The molecule has 3 aromatic rings. The smallest absolute Gasteiger partial charge is 0.243 e. The number of nitrogens with zero attached hydrogens (tertiary/aromatic N) is 2. The van der Waals surface area contributed by atoms with Gasteiger partial charge in [-0.05, 0) is 65.2 Å². The minimum absolute atomic E-state index is 0.0493. The maximum Gasteiger partial charge on any atom is 0.243 e. The monoisotopic (exact) mass is 574 g/mol. The fourth-order valence-corrected chi connectivity index (χ4v) is 6.39. The molecule has 4 nitrogen and oxygen atoms in total. The van der Waals surface area contributed by atoms with Gasteiger partial charge in [0, 0.05) is 34.4 Å². The largest absolute Gasteiger partial charge is 0.330 e. The van der Waals surface area contributed by atoms with Crippen LogP contribution in [0.1, 0.15) is 73.1 Å². The summed E-state index contributed by atoms with van der Waals surface area (Å²) < 4.78 is 13.5. The number of fused-ring (bicyclic) bond motifs is 1. The van der Waals surface area contributed by atoms with Crippen molar-refractivity contribution in [2.24, 2.45) is 0 Å². The molecular weight excluding hydrogens is 542 g/mol. The predicted molar refractivity (Wildman–Crippen MR) is 153 cm³/mol. The van der Waals surface area contributed by atoms with Gasteiger partial charge in [-0.15, -0.1) is 11.3 Å². The summed E-state index contributed by atoms with van der Waals surface area (Å²) in [6.45, 7) is 2.90. The molecule has 1 aliphatic heterocycles. The van der Waals surface area contributed by atoms with Gasteiger partial charge in [-0.2, -0.15) is 0 Å². The molecule has 8 heteroatoms. The van der Waals surface area contributed by atoms with Gasteiger partial charge in [0.1, 0.15) is 12.4 Å². The molecule has 0 saturated heterocycles. The maximum absolute atomic E-state index is 13.9. The van der Waals surface area contributed by atoms with E-state index < -0.39 is 0 Å². The fraction of sp³-hybridized carbons (Fsp3) is 0.400. The molecule has 2 heterocycles. The molecule has 0 saturated carbocycles. The lowest BCUT2D eigenvalue weighted by Crippen LogP contribution is -2.46. The molecule has 0 spiro atoms. The van der Waals surface area contributed by atoms with Crippen LogP contribution in [0.5, 0.6) is 0 Å². The normalized spacial score (nSPS) is 14.8. The second kappa shape index (κ2) is 13.6. The second-order valence-electron chi connectivity index (χ2n) is 9.75. The number of unbranched alkanes of at least 4 members (excludes halogenated alkanes) is 4. The van der Waals surface area contributed by atoms with E-state index in [9.17, 15) is 14.0 Å². The molecule has 1 unspecified atom stereocenters. The average molecular weight is 576 g/mol. The Morgan fingerprint density at radius 3 is 2.53 bits per heavy atom. The number of amides is 2. The molecule has 0 fully saturated rings. The zero-order valence-corrected chi connectivity index (χ0v) is 23.9. The van der Waals surface area contributed by atoms with E-state index in [-0.39, 0.29) is 36.8 Å². The van der Waals surface area contributed by atoms with Gasteiger partial charge < -0.3 is 9.80 Å². The molecule has 0 radical (unpaired) electrons. The van der Waals surface area contributed by atoms with E-state index in [0.29, 0.717) is 23.0 Å². The summed E-state index contributed by atoms with van der Waals surface area (Å²) in [7, 11) is 0. The molecule has 1 aromatic heterocycles. The third-order valence-corrected chi connectivity index (χ3v) is 8.56. The van der Waals surface area contributed by atoms with Crippen molar-refractivity contribution in [2.45, 2.75) is 64.5 Å². The van der Waals surface area contributed by atoms with Gasteiger partial charge in [-0.1, -0.05) is 74.0 Å². The van der Waals surface area contributed by atoms with Gasteiger partial charge in [0.25, 0.3) is 0 Å². The van der Waals surface area contributed by atoms with E-state index in [1.807, 2.05) is 22.4 Å². The van der Waals surface area contributed by atoms with Crippen LogP contribution in [0, 0.1) is 5.82 Å². The first-order valence-electron chi connectivity index (χ1n) is 13.2. The summed E-state index contributed by atoms with van der Waals surface area (Å²) in [6, 6.07) is 13.1. The van der Waals surface area contributed by atoms with E-state index in [2.05, 4.69) is 6.92 Å². The zero-order chi connectivity index (χ0) is 27.1. The van der Waals surface area contributed by atoms with Crippen LogP contribution in [0.3, 0.4) is 0 Å². The van der Waals surface area contributed by atoms with Crippen molar-refractivity contribution in [3.05, 3.63) is 91.3 Å². The van der Waals surface area contributed by atoms with Crippen LogP contribution in [-0.4, -0.2) is 34.7 Å². The van der Waals surface area contributed by atoms with Crippen LogP contribution in [0.15, 0.2) is 53.9 Å². The van der Waals surface area contributed by atoms with Crippen LogP contribution < -0.4 is 0 Å². The van der Waals surface area contributed by atoms with Crippen molar-refractivity contribution in [3.8, 4) is 0 Å². The first-order chi connectivity index (χ1) is 18.4. The van der Waals surface area contributed by atoms with Crippen molar-refractivity contribution in [2.75, 3.05) is 13.1 Å². The predicted octanol–water partition coefficient (Wildman–Crippen LogP) is 8.06. The number of hydrogen-bond donors (Lipinski definition) is 0. The van der Waals surface area contributed by atoms with Gasteiger partial charge in [0.05, 0.1) is 6.04 Å². The SMILES string of the molecule is CCCCCCCC(=O)N(CC(=O)N1CCc2sccc2C1c1ccc(Cl)cc1Cl)Cc1ccc(F)cc1. The van der Waals surface area contributed by atoms with Gasteiger partial charge in [-0.3, -0.25) is 9.59 Å². The molecular formula is C30H33Cl2FN2O2S. The van der Waals surface area contributed by atoms with Gasteiger partial charge >= 0.3 is 0 Å². The Hall–Kier alpha value is -2.41. The molecule has 2 amide bonds. The Kier molecular flexibility index (Phi) is 10.2. The van der Waals surface area contributed by atoms with Crippen LogP contribution in [0.4, 0.5) is 4.39 Å². The summed E-state index contributed by atoms with van der Waals surface area (Å²) in [5.41, 5.74) is 2.66. The number of carbonyl (C=O) groups is 2. The summed E-state index contributed by atoms with van der Waals surface area (Å²) in [5.74, 6) is -0.533. The lowest BCUT2D eigenvalue weighted by Gasteiger charge is -2.38. The third-order valence-electron chi connectivity index (χ3n) is 7.00. The number of hydrogen-bond acceptors (Lipinski definition) is 3. The summed E-state index contributed by atoms with van der Waals surface area (Å²) in [6.07, 6.45) is 6.31. The molecule has 1 aliphatic rings. The Bertz CT molecular complexity index is 1250. The van der Waals surface area contributed by atoms with Gasteiger partial charge in [-0.25, -0.2) is 4.39 Å². The quantitative estimate of drug-likeness (QED) is 0.217. The summed E-state index contributed by atoms with van der Waals surface area (Å²) >= 11 is 14.5. The lowest BCUT2D eigenvalue weighted by molar-refractivity contribution is -0.142. The molecule has 0 N–H and O–H groups in total. The molecule has 202 valence electrons. The van der Waals surface area contributed by atoms with Crippen LogP contribution in [-0.2, 0) is 22.6 Å². The van der Waals surface area contributed by atoms with Crippen LogP contribution >= 0.6 is 34.5 Å². The number of thiophene rings is 1. The van der Waals surface area contributed by atoms with Crippen LogP contribution in [0.25, 0.3) is 0 Å². The summed E-state index contributed by atoms with van der Waals surface area (Å²) in [4.78, 5) is 31.9. The number of halogens is 3. The minimum atomic E-state index is -0.348. The van der Waals surface area contributed by atoms with E-state index >= 15 is 0 Å². The third kappa shape index (κ3) is 7.16. The van der Waals surface area contributed by atoms with E-state index in [0.717, 1.165) is 55.2 Å². The molecule has 2 aromatic carbocycles. The molecule has 0 aliphatic carbocycles. The van der Waals surface area contributed by atoms with Crippen LogP contribution in [0.2, 0.25) is 10.0 Å². The Balaban J connectivity index is 1.56. The second-order valence-corrected chi connectivity index (χ2v) is 11.6. The Labute approximate surface area is 238 Å². The molecule has 4 rings (SSSR count). The number of benzene rings is 2. The standard InChI is InChI=1S/C30H33Cl2FN2O2S/c1-2-3-4-5-6-7-28(36)34(19-21-8-11-23(33)12-9-21)20-29(37)35-16-14-27-25(15-17-38-27)30(35)24-13-10-22(31)18-26(24)32/h8-13,15,17-18,30H,2-7,14,16,19-20H2,1H3. The molecule has 0 bridgehead atoms. The molecule has 38 heavy (non-hydrogen) atoms. The summed E-state index contributed by atoms with van der Waals surface area (Å²) in [5, 5.41) is 3.08. The molecule has 1 atom stereocenters. The van der Waals surface area contributed by atoms with E-state index in [1.165, 1.54) is 17.0 Å². The van der Waals surface area contributed by atoms with Crippen molar-refractivity contribution >= 4 is 46.4 Å². The highest BCUT2D eigenvalue weighted by Gasteiger charge is 2.35. The number of rotatable bonds is 11. The minimum Gasteiger partial charge on any atom is -0.330 e. The Morgan fingerprint density at radius 1 is 1.03 bits per heavy atom. The highest BCUT2D eigenvalue weighted by atomic mass is 35.5. The average Bonchev–Trinajstić information content (AvgIpc) is 3.38. The first-order valence-corrected chi connectivity index (χ1v) is 14.8. The topological polar surface area (TPSA) is 40.6 Å². The van der Waals surface area contributed by atoms with Gasteiger partial charge in [0.2, 0.25) is 11.8 Å². The van der Waals surface area contributed by atoms with Crippen molar-refractivity contribution in [1.82, 2.24) is 9.80 Å². The Morgan fingerprint density at radius 2 is 1.79 bits per heavy atom. The van der Waals surface area contributed by atoms with Crippen molar-refractivity contribution in [3.63, 3.8) is 0 Å². The fourth-order valence-electron chi connectivity index (χ4n) is 4.98. The van der Waals surface area contributed by atoms with Crippen molar-refractivity contribution < 1.29 is 14.0 Å². The lowest BCUT2D eigenvalue weighted by atomic mass is 9.93. The highest BCUT2D eigenvalue weighted by molar-refractivity contribution is 7.10. The first kappa shape index (κ1) is 28.6. The van der Waals surface area contributed by atoms with E-state index in [1.54, 1.807) is 40.5 Å². The van der Waals surface area contributed by atoms with Gasteiger partial charge in [0.15, 0.2) is 0 Å². The number of carbonyl (C=O) groups excluding carboxylic acids is 2. The maximum atomic E-state index is 13.9. The highest BCUT2D eigenvalue weighted by Crippen LogP contribution is 2.41. The van der Waals surface area contributed by atoms with E-state index in [4.69, 9.17) is 23.2 Å².